The average Bonchev–Trinajstić information content (AvgIpc) is 3.16. The van der Waals surface area contributed by atoms with E-state index in [4.69, 9.17) is 5.26 Å². The van der Waals surface area contributed by atoms with Crippen LogP contribution < -0.4 is 5.32 Å². The maximum atomic E-state index is 14.3. The molecule has 1 aliphatic rings. The lowest BCUT2D eigenvalue weighted by molar-refractivity contribution is 0.0938. The second-order valence-corrected chi connectivity index (χ2v) is 5.60. The molecule has 0 bridgehead atoms. The summed E-state index contributed by atoms with van der Waals surface area (Å²) in [6.45, 7) is 1.13. The molecule has 3 rings (SSSR count). The van der Waals surface area contributed by atoms with Gasteiger partial charge in [-0.15, -0.1) is 0 Å². The van der Waals surface area contributed by atoms with Crippen molar-refractivity contribution in [1.29, 1.82) is 5.26 Å². The summed E-state index contributed by atoms with van der Waals surface area (Å²) in [6.07, 6.45) is 6.07. The zero-order valence-corrected chi connectivity index (χ0v) is 12.7. The number of nitrogens with one attached hydrogen (secondary N) is 1. The van der Waals surface area contributed by atoms with Gasteiger partial charge in [0, 0.05) is 49.1 Å². The van der Waals surface area contributed by atoms with Gasteiger partial charge in [-0.05, 0) is 18.6 Å². The molecular weight excluding hydrogens is 297 g/mol. The van der Waals surface area contributed by atoms with Gasteiger partial charge in [0.2, 0.25) is 0 Å². The van der Waals surface area contributed by atoms with Crippen LogP contribution >= 0.6 is 0 Å². The molecule has 1 saturated heterocycles. The Morgan fingerprint density at radius 1 is 1.52 bits per heavy atom. The van der Waals surface area contributed by atoms with Crippen molar-refractivity contribution in [1.82, 2.24) is 20.0 Å². The zero-order valence-electron chi connectivity index (χ0n) is 12.7. The molecule has 1 amide bonds. The van der Waals surface area contributed by atoms with E-state index in [0.29, 0.717) is 24.2 Å². The van der Waals surface area contributed by atoms with Crippen molar-refractivity contribution in [2.24, 2.45) is 7.05 Å². The lowest BCUT2D eigenvalue weighted by atomic mass is 10.1. The third-order valence-corrected chi connectivity index (χ3v) is 3.91. The van der Waals surface area contributed by atoms with Gasteiger partial charge in [0.1, 0.15) is 5.82 Å². The Balaban J connectivity index is 1.73. The Bertz CT molecular complexity index is 779. The molecule has 0 radical (unpaired) electrons. The van der Waals surface area contributed by atoms with Crippen molar-refractivity contribution < 1.29 is 9.18 Å². The summed E-state index contributed by atoms with van der Waals surface area (Å²) in [7, 11) is 1.76. The Morgan fingerprint density at radius 2 is 2.35 bits per heavy atom. The molecule has 0 unspecified atom stereocenters. The van der Waals surface area contributed by atoms with Gasteiger partial charge in [0.15, 0.2) is 6.19 Å². The summed E-state index contributed by atoms with van der Waals surface area (Å²) in [5, 5.41) is 15.7. The fraction of sp³-hybridized carbons (Fsp3) is 0.312. The van der Waals surface area contributed by atoms with Crippen LogP contribution in [0.3, 0.4) is 0 Å². The van der Waals surface area contributed by atoms with Crippen LogP contribution in [-0.4, -0.2) is 39.7 Å². The normalized spacial score (nSPS) is 17.1. The third kappa shape index (κ3) is 3.16. The molecule has 1 fully saturated rings. The molecule has 0 aliphatic carbocycles. The highest BCUT2D eigenvalue weighted by molar-refractivity contribution is 5.95. The first-order valence-corrected chi connectivity index (χ1v) is 7.31. The number of benzene rings is 1. The number of halogens is 1. The van der Waals surface area contributed by atoms with Crippen molar-refractivity contribution in [3.8, 4) is 17.3 Å². The molecule has 0 saturated carbocycles. The second-order valence-electron chi connectivity index (χ2n) is 5.60. The van der Waals surface area contributed by atoms with Gasteiger partial charge in [-0.25, -0.2) is 4.39 Å². The first-order valence-electron chi connectivity index (χ1n) is 7.31. The Labute approximate surface area is 133 Å². The number of nitriles is 1. The van der Waals surface area contributed by atoms with Gasteiger partial charge in [-0.2, -0.15) is 10.4 Å². The van der Waals surface area contributed by atoms with Crippen LogP contribution in [0.2, 0.25) is 0 Å². The van der Waals surface area contributed by atoms with E-state index in [1.807, 2.05) is 0 Å². The molecule has 118 valence electrons. The van der Waals surface area contributed by atoms with Crippen LogP contribution in [0.15, 0.2) is 30.6 Å². The number of aromatic nitrogens is 2. The lowest BCUT2D eigenvalue weighted by Crippen LogP contribution is -2.36. The highest BCUT2D eigenvalue weighted by Crippen LogP contribution is 2.23. The van der Waals surface area contributed by atoms with Crippen LogP contribution in [0.5, 0.6) is 0 Å². The van der Waals surface area contributed by atoms with E-state index >= 15 is 0 Å². The SMILES string of the molecule is Cn1cc(-c2ccc(C(=O)N[C@@H]3CCN(C#N)C3)cc2F)cn1. The molecule has 0 spiro atoms. The largest absolute Gasteiger partial charge is 0.347 e. The Morgan fingerprint density at radius 3 is 2.96 bits per heavy atom. The van der Waals surface area contributed by atoms with Crippen molar-refractivity contribution in [3.63, 3.8) is 0 Å². The third-order valence-electron chi connectivity index (χ3n) is 3.91. The van der Waals surface area contributed by atoms with Crippen molar-refractivity contribution in [3.05, 3.63) is 42.0 Å². The van der Waals surface area contributed by atoms with Gasteiger partial charge in [0.25, 0.3) is 5.91 Å². The molecule has 1 aromatic carbocycles. The van der Waals surface area contributed by atoms with E-state index in [2.05, 4.69) is 16.6 Å². The number of aryl methyl sites for hydroxylation is 1. The van der Waals surface area contributed by atoms with Crippen LogP contribution in [0.1, 0.15) is 16.8 Å². The lowest BCUT2D eigenvalue weighted by Gasteiger charge is -2.12. The molecule has 1 aliphatic heterocycles. The first-order chi connectivity index (χ1) is 11.1. The van der Waals surface area contributed by atoms with Crippen LogP contribution in [0.4, 0.5) is 4.39 Å². The van der Waals surface area contributed by atoms with Crippen molar-refractivity contribution >= 4 is 5.91 Å². The topological polar surface area (TPSA) is 74.0 Å². The molecule has 1 N–H and O–H groups in total. The van der Waals surface area contributed by atoms with E-state index in [1.165, 1.54) is 6.07 Å². The average molecular weight is 313 g/mol. The number of hydrogen-bond donors (Lipinski definition) is 1. The quantitative estimate of drug-likeness (QED) is 0.872. The minimum absolute atomic E-state index is 0.0804. The number of carbonyl (C=O) groups is 1. The van der Waals surface area contributed by atoms with E-state index in [9.17, 15) is 9.18 Å². The van der Waals surface area contributed by atoms with E-state index in [0.717, 1.165) is 6.42 Å². The minimum atomic E-state index is -0.462. The molecule has 2 heterocycles. The van der Waals surface area contributed by atoms with Crippen molar-refractivity contribution in [2.45, 2.75) is 12.5 Å². The summed E-state index contributed by atoms with van der Waals surface area (Å²) in [5.74, 6) is -0.790. The van der Waals surface area contributed by atoms with Crippen LogP contribution in [0.25, 0.3) is 11.1 Å². The van der Waals surface area contributed by atoms with E-state index in [1.54, 1.807) is 41.2 Å². The fourth-order valence-corrected chi connectivity index (χ4v) is 2.69. The summed E-state index contributed by atoms with van der Waals surface area (Å²) in [4.78, 5) is 13.8. The number of hydrogen-bond acceptors (Lipinski definition) is 4. The molecule has 2 aromatic rings. The highest BCUT2D eigenvalue weighted by atomic mass is 19.1. The van der Waals surface area contributed by atoms with Crippen molar-refractivity contribution in [2.75, 3.05) is 13.1 Å². The maximum absolute atomic E-state index is 14.3. The molecule has 1 atom stereocenters. The summed E-state index contributed by atoms with van der Waals surface area (Å²) >= 11 is 0. The van der Waals surface area contributed by atoms with Crippen LogP contribution in [-0.2, 0) is 7.05 Å². The zero-order chi connectivity index (χ0) is 16.4. The van der Waals surface area contributed by atoms with Gasteiger partial charge in [-0.3, -0.25) is 9.48 Å². The molecule has 7 heteroatoms. The molecular formula is C16H16FN5O. The standard InChI is InChI=1S/C16H16FN5O/c1-21-8-12(7-19-21)14-3-2-11(6-15(14)17)16(23)20-13-4-5-22(9-13)10-18/h2-3,6-8,13H,4-5,9H2,1H3,(H,20,23)/t13-/m1/s1. The van der Waals surface area contributed by atoms with Crippen LogP contribution in [0, 0.1) is 17.3 Å². The van der Waals surface area contributed by atoms with E-state index in [-0.39, 0.29) is 17.5 Å². The smallest absolute Gasteiger partial charge is 0.251 e. The number of carbonyl (C=O) groups excluding carboxylic acids is 1. The summed E-state index contributed by atoms with van der Waals surface area (Å²) in [6, 6.07) is 4.33. The van der Waals surface area contributed by atoms with E-state index < -0.39 is 5.82 Å². The molecule has 1 aromatic heterocycles. The first kappa shape index (κ1) is 15.0. The molecule has 6 nitrogen and oxygen atoms in total. The fourth-order valence-electron chi connectivity index (χ4n) is 2.69. The number of likely N-dealkylation sites (tertiary alicyclic amines) is 1. The van der Waals surface area contributed by atoms with Gasteiger partial charge in [0.05, 0.1) is 6.20 Å². The molecule has 23 heavy (non-hydrogen) atoms. The Hall–Kier alpha value is -2.88. The number of amides is 1. The summed E-state index contributed by atoms with van der Waals surface area (Å²) < 4.78 is 15.9. The predicted molar refractivity (Wildman–Crippen MR) is 81.7 cm³/mol. The minimum Gasteiger partial charge on any atom is -0.347 e. The second kappa shape index (κ2) is 6.08. The highest BCUT2D eigenvalue weighted by Gasteiger charge is 2.23. The monoisotopic (exact) mass is 313 g/mol. The van der Waals surface area contributed by atoms with Gasteiger partial charge < -0.3 is 10.2 Å². The number of rotatable bonds is 3. The predicted octanol–water partition coefficient (Wildman–Crippen LogP) is 1.51. The Kier molecular flexibility index (Phi) is 3.98. The maximum Gasteiger partial charge on any atom is 0.251 e. The summed E-state index contributed by atoms with van der Waals surface area (Å²) in [5.41, 5.74) is 1.34. The van der Waals surface area contributed by atoms with Gasteiger partial charge in [-0.1, -0.05) is 6.07 Å². The number of nitrogens with zero attached hydrogens (tertiary/aromatic N) is 4. The van der Waals surface area contributed by atoms with Gasteiger partial charge >= 0.3 is 0 Å².